The molecule has 0 radical (unpaired) electrons. The van der Waals surface area contributed by atoms with Gasteiger partial charge in [0, 0.05) is 30.7 Å². The number of hydrogen-bond acceptors (Lipinski definition) is 9. The van der Waals surface area contributed by atoms with E-state index in [9.17, 15) is 5.11 Å². The Balaban J connectivity index is 1.26. The Bertz CT molecular complexity index is 1620. The first-order valence-corrected chi connectivity index (χ1v) is 15.0. The second-order valence-electron chi connectivity index (χ2n) is 12.2. The summed E-state index contributed by atoms with van der Waals surface area (Å²) < 4.78 is 12.4. The largest absolute Gasteiger partial charge is 0.508 e. The third-order valence-electron chi connectivity index (χ3n) is 9.72. The number of piperazine rings is 1. The van der Waals surface area contributed by atoms with Crippen molar-refractivity contribution in [2.75, 3.05) is 44.8 Å². The Kier molecular flexibility index (Phi) is 5.93. The van der Waals surface area contributed by atoms with Crippen molar-refractivity contribution in [3.63, 3.8) is 0 Å². The summed E-state index contributed by atoms with van der Waals surface area (Å²) in [4.78, 5) is 19.9. The molecule has 4 aromatic rings. The van der Waals surface area contributed by atoms with Crippen LogP contribution in [0.4, 0.5) is 5.82 Å². The number of fused-ring (bicyclic) bond motifs is 5. The highest BCUT2D eigenvalue weighted by Crippen LogP contribution is 2.41. The molecule has 9 heteroatoms. The van der Waals surface area contributed by atoms with Crippen LogP contribution in [0.2, 0.25) is 0 Å². The zero-order valence-corrected chi connectivity index (χ0v) is 23.5. The van der Waals surface area contributed by atoms with E-state index in [-0.39, 0.29) is 11.3 Å². The minimum absolute atomic E-state index is 0.108. The Morgan fingerprint density at radius 1 is 0.976 bits per heavy atom. The molecule has 2 N–H and O–H groups in total. The minimum atomic E-state index is 0.108. The van der Waals surface area contributed by atoms with E-state index in [1.54, 1.807) is 19.2 Å². The molecule has 0 amide bonds. The van der Waals surface area contributed by atoms with Crippen LogP contribution in [-0.4, -0.2) is 82.5 Å². The molecule has 6 heterocycles. The van der Waals surface area contributed by atoms with E-state index < -0.39 is 0 Å². The van der Waals surface area contributed by atoms with Gasteiger partial charge in [-0.15, -0.1) is 0 Å². The van der Waals surface area contributed by atoms with Crippen LogP contribution in [0.25, 0.3) is 32.9 Å². The second-order valence-corrected chi connectivity index (χ2v) is 12.2. The molecule has 2 aromatic heterocycles. The number of nitrogens with one attached hydrogen (secondary N) is 1. The van der Waals surface area contributed by atoms with E-state index >= 15 is 0 Å². The first-order chi connectivity index (χ1) is 20.1. The Hall–Kier alpha value is -3.69. The maximum atomic E-state index is 10.6. The van der Waals surface area contributed by atoms with Crippen LogP contribution < -0.4 is 19.7 Å². The predicted octanol–water partition coefficient (Wildman–Crippen LogP) is 4.51. The van der Waals surface area contributed by atoms with E-state index in [1.165, 1.54) is 38.5 Å². The summed E-state index contributed by atoms with van der Waals surface area (Å²) in [5.74, 6) is 1.49. The van der Waals surface area contributed by atoms with Crippen molar-refractivity contribution < 1.29 is 14.6 Å². The molecular weight excluding hydrogens is 516 g/mol. The van der Waals surface area contributed by atoms with Crippen molar-refractivity contribution in [1.82, 2.24) is 25.2 Å². The summed E-state index contributed by atoms with van der Waals surface area (Å²) in [6.45, 7) is 4.67. The fourth-order valence-corrected chi connectivity index (χ4v) is 7.79. The maximum Gasteiger partial charge on any atom is 0.319 e. The third kappa shape index (κ3) is 4.25. The van der Waals surface area contributed by atoms with Gasteiger partial charge in [-0.1, -0.05) is 24.3 Å². The average molecular weight is 553 g/mol. The average Bonchev–Trinajstić information content (AvgIpc) is 3.68. The molecule has 4 aliphatic rings. The fourth-order valence-electron chi connectivity index (χ4n) is 7.79. The van der Waals surface area contributed by atoms with Gasteiger partial charge in [-0.05, 0) is 86.1 Å². The Morgan fingerprint density at radius 3 is 2.54 bits per heavy atom. The molecule has 0 spiro atoms. The van der Waals surface area contributed by atoms with Crippen LogP contribution in [0.3, 0.4) is 0 Å². The van der Waals surface area contributed by atoms with Crippen molar-refractivity contribution in [2.45, 2.75) is 56.1 Å². The first kappa shape index (κ1) is 25.1. The van der Waals surface area contributed by atoms with E-state index in [2.05, 4.69) is 21.2 Å². The van der Waals surface area contributed by atoms with Gasteiger partial charge < -0.3 is 24.8 Å². The Labute approximate surface area is 239 Å². The molecule has 0 saturated carbocycles. The highest BCUT2D eigenvalue weighted by atomic mass is 16.5. The lowest BCUT2D eigenvalue weighted by molar-refractivity contribution is 0.108. The van der Waals surface area contributed by atoms with Crippen molar-refractivity contribution in [2.24, 2.45) is 0 Å². The fraction of sp³-hybridized carbons (Fsp3) is 0.469. The number of benzene rings is 2. The van der Waals surface area contributed by atoms with Gasteiger partial charge in [-0.3, -0.25) is 4.90 Å². The zero-order chi connectivity index (χ0) is 27.6. The number of phenolic OH excluding ortho intramolecular Hbond substituents is 1. The SMILES string of the molecule is COc1nc2c(N3C[C@H]4CC[C@@H](C3)N4)nc(OCC34CCCN3CCC4)nc2cc1-c1cc(O)cc2ccccc12. The summed E-state index contributed by atoms with van der Waals surface area (Å²) in [7, 11) is 1.64. The normalized spacial score (nSPS) is 23.4. The van der Waals surface area contributed by atoms with Gasteiger partial charge in [0.15, 0.2) is 5.82 Å². The van der Waals surface area contributed by atoms with Crippen molar-refractivity contribution in [1.29, 1.82) is 0 Å². The van der Waals surface area contributed by atoms with Gasteiger partial charge in [0.05, 0.1) is 18.2 Å². The van der Waals surface area contributed by atoms with Crippen molar-refractivity contribution in [3.8, 4) is 28.8 Å². The number of nitrogens with zero attached hydrogens (tertiary/aromatic N) is 5. The van der Waals surface area contributed by atoms with Gasteiger partial charge in [-0.2, -0.15) is 9.97 Å². The highest BCUT2D eigenvalue weighted by Gasteiger charge is 2.45. The molecule has 4 fully saturated rings. The quantitative estimate of drug-likeness (QED) is 0.358. The number of aromatic nitrogens is 3. The lowest BCUT2D eigenvalue weighted by Crippen LogP contribution is -2.51. The number of anilines is 1. The molecule has 8 rings (SSSR count). The number of hydrogen-bond donors (Lipinski definition) is 2. The molecule has 0 aliphatic carbocycles. The first-order valence-electron chi connectivity index (χ1n) is 15.0. The Morgan fingerprint density at radius 2 is 1.76 bits per heavy atom. The van der Waals surface area contributed by atoms with Gasteiger partial charge >= 0.3 is 6.01 Å². The molecule has 4 aliphatic heterocycles. The van der Waals surface area contributed by atoms with E-state index in [1.807, 2.05) is 24.3 Å². The molecule has 4 saturated heterocycles. The predicted molar refractivity (Wildman–Crippen MR) is 159 cm³/mol. The number of rotatable bonds is 6. The van der Waals surface area contributed by atoms with Crippen LogP contribution in [0.1, 0.15) is 38.5 Å². The lowest BCUT2D eigenvalue weighted by Gasteiger charge is -2.34. The number of aromatic hydroxyl groups is 1. The molecule has 2 bridgehead atoms. The van der Waals surface area contributed by atoms with Gasteiger partial charge in [0.25, 0.3) is 0 Å². The highest BCUT2D eigenvalue weighted by molar-refractivity contribution is 6.01. The van der Waals surface area contributed by atoms with Gasteiger partial charge in [0.2, 0.25) is 5.88 Å². The standard InChI is InChI=1S/C32H36N6O3/c1-40-30-26(25-15-23(39)14-20-6-2-3-7-24(20)25)16-27-28(35-30)29(37-17-21-8-9-22(18-37)33-21)36-31(34-27)41-19-32-10-4-12-38(32)13-5-11-32/h2-3,6-7,14-16,21-22,33,39H,4-5,8-13,17-19H2,1H3/t21-,22+. The van der Waals surface area contributed by atoms with Crippen molar-refractivity contribution >= 4 is 27.6 Å². The summed E-state index contributed by atoms with van der Waals surface area (Å²) in [6.07, 6.45) is 7.14. The molecule has 212 valence electrons. The van der Waals surface area contributed by atoms with E-state index in [0.717, 1.165) is 53.9 Å². The van der Waals surface area contributed by atoms with E-state index in [0.29, 0.717) is 41.6 Å². The molecule has 2 aromatic carbocycles. The van der Waals surface area contributed by atoms with Crippen LogP contribution >= 0.6 is 0 Å². The van der Waals surface area contributed by atoms with E-state index in [4.69, 9.17) is 24.4 Å². The van der Waals surface area contributed by atoms with Gasteiger partial charge in [0.1, 0.15) is 17.9 Å². The molecule has 0 unspecified atom stereocenters. The molecule has 2 atom stereocenters. The third-order valence-corrected chi connectivity index (χ3v) is 9.72. The van der Waals surface area contributed by atoms with Crippen LogP contribution in [-0.2, 0) is 0 Å². The van der Waals surface area contributed by atoms with Crippen LogP contribution in [0, 0.1) is 0 Å². The summed E-state index contributed by atoms with van der Waals surface area (Å²) in [5, 5.41) is 16.3. The number of methoxy groups -OCH3 is 1. The van der Waals surface area contributed by atoms with Crippen LogP contribution in [0.15, 0.2) is 42.5 Å². The number of ether oxygens (including phenoxy) is 2. The summed E-state index contributed by atoms with van der Waals surface area (Å²) in [6, 6.07) is 14.9. The van der Waals surface area contributed by atoms with Gasteiger partial charge in [-0.25, -0.2) is 4.98 Å². The summed E-state index contributed by atoms with van der Waals surface area (Å²) >= 11 is 0. The number of phenols is 1. The smallest absolute Gasteiger partial charge is 0.319 e. The molecule has 41 heavy (non-hydrogen) atoms. The molecule has 9 nitrogen and oxygen atoms in total. The second kappa shape index (κ2) is 9.70. The zero-order valence-electron chi connectivity index (χ0n) is 23.5. The monoisotopic (exact) mass is 552 g/mol. The topological polar surface area (TPSA) is 95.9 Å². The molecular formula is C32H36N6O3. The minimum Gasteiger partial charge on any atom is -0.508 e. The van der Waals surface area contributed by atoms with Crippen molar-refractivity contribution in [3.05, 3.63) is 42.5 Å². The number of pyridine rings is 1. The summed E-state index contributed by atoms with van der Waals surface area (Å²) in [5.41, 5.74) is 3.16. The van der Waals surface area contributed by atoms with Crippen LogP contribution in [0.5, 0.6) is 17.6 Å². The lowest BCUT2D eigenvalue weighted by atomic mass is 9.95. The maximum absolute atomic E-state index is 10.6.